The summed E-state index contributed by atoms with van der Waals surface area (Å²) in [5.74, 6) is -4.28. The number of aromatic nitrogens is 1. The van der Waals surface area contributed by atoms with Crippen LogP contribution in [0.2, 0.25) is 0 Å². The van der Waals surface area contributed by atoms with E-state index in [1.807, 2.05) is 0 Å². The number of aliphatic hydroxyl groups is 1. The molecule has 1 aromatic carbocycles. The summed E-state index contributed by atoms with van der Waals surface area (Å²) in [6.45, 7) is 2.90. The average Bonchev–Trinajstić information content (AvgIpc) is 2.77. The third kappa shape index (κ3) is 4.73. The van der Waals surface area contributed by atoms with E-state index < -0.39 is 24.0 Å². The van der Waals surface area contributed by atoms with Gasteiger partial charge >= 0.3 is 59.1 Å². The average molecular weight is 347 g/mol. The number of aromatic amines is 1. The second kappa shape index (κ2) is 9.77. The van der Waals surface area contributed by atoms with Crippen LogP contribution in [0.3, 0.4) is 0 Å². The first kappa shape index (κ1) is 23.4. The molecule has 1 aromatic heterocycles. The maximum absolute atomic E-state index is 11.4. The molecule has 0 amide bonds. The normalized spacial score (nSPS) is 12.5. The third-order valence-electron chi connectivity index (χ3n) is 3.60. The van der Waals surface area contributed by atoms with Crippen molar-refractivity contribution in [3.63, 3.8) is 0 Å². The number of benzene rings is 1. The van der Waals surface area contributed by atoms with Crippen molar-refractivity contribution in [3.8, 4) is 11.1 Å². The van der Waals surface area contributed by atoms with Gasteiger partial charge in [-0.15, -0.1) is 0 Å². The van der Waals surface area contributed by atoms with E-state index in [0.29, 0.717) is 16.7 Å². The number of hydrogen-bond acceptors (Lipinski definition) is 5. The number of hydrogen-bond donors (Lipinski definition) is 2. The van der Waals surface area contributed by atoms with Crippen molar-refractivity contribution in [1.82, 2.24) is 4.98 Å². The standard InChI is InChI=1S/C16H17NO5.2Na/c1-8-11(10-6-4-3-5-7-10)14(16(21)22)17-13(8)12(9(2)18)15(19)20;;/h3-7,9,12,17-18H,1-2H3,(H,19,20)(H,21,22);;/q;2*+1/p-2. The van der Waals surface area contributed by atoms with Crippen LogP contribution in [0.1, 0.15) is 34.6 Å². The summed E-state index contributed by atoms with van der Waals surface area (Å²) < 4.78 is 0. The molecule has 0 saturated carbocycles. The van der Waals surface area contributed by atoms with Gasteiger partial charge < -0.3 is 29.9 Å². The summed E-state index contributed by atoms with van der Waals surface area (Å²) in [7, 11) is 0. The van der Waals surface area contributed by atoms with E-state index in [9.17, 15) is 24.9 Å². The van der Waals surface area contributed by atoms with Gasteiger partial charge in [0.1, 0.15) is 0 Å². The maximum atomic E-state index is 11.4. The van der Waals surface area contributed by atoms with Gasteiger partial charge in [0.05, 0.1) is 29.7 Å². The van der Waals surface area contributed by atoms with Gasteiger partial charge in [-0.25, -0.2) is 0 Å². The number of carboxylic acids is 2. The van der Waals surface area contributed by atoms with E-state index in [1.165, 1.54) is 6.92 Å². The van der Waals surface area contributed by atoms with Gasteiger partial charge in [0.15, 0.2) is 0 Å². The van der Waals surface area contributed by atoms with Gasteiger partial charge in [0.2, 0.25) is 0 Å². The van der Waals surface area contributed by atoms with E-state index in [1.54, 1.807) is 37.3 Å². The van der Waals surface area contributed by atoms with Crippen LogP contribution in [0, 0.1) is 6.92 Å². The molecule has 0 aliphatic heterocycles. The molecule has 0 aliphatic carbocycles. The molecule has 2 N–H and O–H groups in total. The van der Waals surface area contributed by atoms with Gasteiger partial charge in [-0.05, 0) is 25.0 Å². The number of aliphatic hydroxyl groups excluding tert-OH is 1. The van der Waals surface area contributed by atoms with Gasteiger partial charge in [-0.1, -0.05) is 30.3 Å². The Labute approximate surface area is 183 Å². The zero-order chi connectivity index (χ0) is 16.4. The second-order valence-corrected chi connectivity index (χ2v) is 5.10. The molecule has 0 radical (unpaired) electrons. The Kier molecular flexibility index (Phi) is 9.53. The number of carboxylic acid groups (broad SMARTS) is 2. The molecular formula is C16H15NNa2O5. The molecule has 0 fully saturated rings. The van der Waals surface area contributed by atoms with Crippen molar-refractivity contribution in [2.24, 2.45) is 0 Å². The number of carbonyl (C=O) groups excluding carboxylic acids is 2. The molecule has 2 aromatic rings. The topological polar surface area (TPSA) is 116 Å². The molecular weight excluding hydrogens is 332 g/mol. The molecule has 24 heavy (non-hydrogen) atoms. The minimum atomic E-state index is -1.48. The smallest absolute Gasteiger partial charge is 0.549 e. The number of aliphatic carboxylic acids is 1. The van der Waals surface area contributed by atoms with Crippen molar-refractivity contribution in [2.45, 2.75) is 25.9 Å². The molecule has 1 heterocycles. The van der Waals surface area contributed by atoms with Crippen LogP contribution < -0.4 is 69.3 Å². The Morgan fingerprint density at radius 2 is 1.67 bits per heavy atom. The van der Waals surface area contributed by atoms with Crippen molar-refractivity contribution >= 4 is 11.9 Å². The van der Waals surface area contributed by atoms with E-state index in [-0.39, 0.29) is 70.5 Å². The van der Waals surface area contributed by atoms with E-state index in [4.69, 9.17) is 0 Å². The fourth-order valence-corrected chi connectivity index (χ4v) is 2.60. The molecule has 8 heteroatoms. The van der Waals surface area contributed by atoms with Crippen LogP contribution >= 0.6 is 0 Å². The van der Waals surface area contributed by atoms with Crippen LogP contribution in [-0.2, 0) is 4.79 Å². The minimum absolute atomic E-state index is 0. The van der Waals surface area contributed by atoms with Crippen molar-refractivity contribution in [3.05, 3.63) is 47.3 Å². The molecule has 0 spiro atoms. The molecule has 0 bridgehead atoms. The van der Waals surface area contributed by atoms with Crippen LogP contribution in [-0.4, -0.2) is 28.1 Å². The molecule has 0 aliphatic rings. The van der Waals surface area contributed by atoms with Crippen LogP contribution in [0.4, 0.5) is 0 Å². The predicted octanol–water partition coefficient (Wildman–Crippen LogP) is -6.42. The Morgan fingerprint density at radius 1 is 1.12 bits per heavy atom. The first-order valence-corrected chi connectivity index (χ1v) is 6.72. The summed E-state index contributed by atoms with van der Waals surface area (Å²) in [6.07, 6.45) is -1.24. The largest absolute Gasteiger partial charge is 1.00 e. The maximum Gasteiger partial charge on any atom is 1.00 e. The Hall–Kier alpha value is -0.600. The van der Waals surface area contributed by atoms with Crippen molar-refractivity contribution < 1.29 is 84.0 Å². The minimum Gasteiger partial charge on any atom is -0.549 e. The zero-order valence-corrected chi connectivity index (χ0v) is 18.1. The molecule has 6 nitrogen and oxygen atoms in total. The fraction of sp³-hybridized carbons (Fsp3) is 0.250. The van der Waals surface area contributed by atoms with Gasteiger partial charge in [-0.2, -0.15) is 0 Å². The van der Waals surface area contributed by atoms with Gasteiger partial charge in [0.25, 0.3) is 0 Å². The summed E-state index contributed by atoms with van der Waals surface area (Å²) in [4.78, 5) is 25.2. The first-order valence-electron chi connectivity index (χ1n) is 6.72. The third-order valence-corrected chi connectivity index (χ3v) is 3.60. The van der Waals surface area contributed by atoms with Crippen LogP contribution in [0.15, 0.2) is 30.3 Å². The zero-order valence-electron chi connectivity index (χ0n) is 14.1. The molecule has 2 unspecified atom stereocenters. The van der Waals surface area contributed by atoms with Crippen LogP contribution in [0.25, 0.3) is 11.1 Å². The summed E-state index contributed by atoms with van der Waals surface area (Å²) in [6, 6.07) is 8.69. The Bertz CT molecular complexity index is 713. The summed E-state index contributed by atoms with van der Waals surface area (Å²) in [5, 5.41) is 32.3. The second-order valence-electron chi connectivity index (χ2n) is 5.10. The van der Waals surface area contributed by atoms with Crippen LogP contribution in [0.5, 0.6) is 0 Å². The molecule has 116 valence electrons. The number of carbonyl (C=O) groups is 2. The monoisotopic (exact) mass is 347 g/mol. The van der Waals surface area contributed by atoms with Crippen molar-refractivity contribution in [1.29, 1.82) is 0 Å². The van der Waals surface area contributed by atoms with E-state index in [2.05, 4.69) is 4.98 Å². The SMILES string of the molecule is Cc1c(C(C(=O)[O-])C(C)O)[nH]c(C(=O)[O-])c1-c1ccccc1.[Na+].[Na+]. The number of nitrogens with one attached hydrogen (secondary N) is 1. The molecule has 2 rings (SSSR count). The van der Waals surface area contributed by atoms with E-state index in [0.717, 1.165) is 0 Å². The number of H-pyrrole nitrogens is 1. The Balaban J connectivity index is 0.00000264. The summed E-state index contributed by atoms with van der Waals surface area (Å²) in [5.41, 5.74) is 1.28. The Morgan fingerprint density at radius 3 is 2.08 bits per heavy atom. The number of aromatic carboxylic acids is 1. The van der Waals surface area contributed by atoms with Gasteiger partial charge in [0, 0.05) is 11.3 Å². The molecule has 0 saturated heterocycles. The fourth-order valence-electron chi connectivity index (χ4n) is 2.60. The number of rotatable bonds is 5. The summed E-state index contributed by atoms with van der Waals surface area (Å²) >= 11 is 0. The predicted molar refractivity (Wildman–Crippen MR) is 74.7 cm³/mol. The van der Waals surface area contributed by atoms with Crippen molar-refractivity contribution in [2.75, 3.05) is 0 Å². The van der Waals surface area contributed by atoms with E-state index >= 15 is 0 Å². The quantitative estimate of drug-likeness (QED) is 0.522. The van der Waals surface area contributed by atoms with Gasteiger partial charge in [-0.3, -0.25) is 0 Å². The molecule has 2 atom stereocenters. The first-order chi connectivity index (χ1) is 10.3.